The number of nitrogens with two attached hydrogens (primary N) is 1. The summed E-state index contributed by atoms with van der Waals surface area (Å²) >= 11 is 0. The highest BCUT2D eigenvalue weighted by Gasteiger charge is 2.00. The van der Waals surface area contributed by atoms with Crippen LogP contribution in [0.1, 0.15) is 25.7 Å². The molecule has 0 aliphatic carbocycles. The second kappa shape index (κ2) is 20.5. The van der Waals surface area contributed by atoms with E-state index in [2.05, 4.69) is 5.32 Å². The van der Waals surface area contributed by atoms with Gasteiger partial charge in [-0.1, -0.05) is 6.42 Å². The van der Waals surface area contributed by atoms with E-state index in [1.54, 1.807) is 0 Å². The number of ether oxygens (including phenoxy) is 4. The molecule has 0 radical (unpaired) electrons. The summed E-state index contributed by atoms with van der Waals surface area (Å²) in [5.74, 6) is 0.0321. The molecule has 0 aromatic heterocycles. The Morgan fingerprint density at radius 3 is 1.88 bits per heavy atom. The van der Waals surface area contributed by atoms with Gasteiger partial charge in [0.25, 0.3) is 0 Å². The first-order valence-corrected chi connectivity index (χ1v) is 10.5. The first-order valence-electron chi connectivity index (χ1n) is 9.09. The minimum Gasteiger partial charge on any atom is -0.379 e. The number of rotatable bonds is 19. The summed E-state index contributed by atoms with van der Waals surface area (Å²) in [6.45, 7) is 6.08. The molecule has 0 atom stereocenters. The topological polar surface area (TPSA) is 92.0 Å². The first-order chi connectivity index (χ1) is 11.8. The Kier molecular flexibility index (Phi) is 20.1. The Bertz CT molecular complexity index is 273. The molecule has 0 spiro atoms. The summed E-state index contributed by atoms with van der Waals surface area (Å²) in [4.78, 5) is 11.5. The van der Waals surface area contributed by atoms with E-state index >= 15 is 0 Å². The van der Waals surface area contributed by atoms with Crippen molar-refractivity contribution in [2.45, 2.75) is 31.7 Å². The van der Waals surface area contributed by atoms with E-state index in [4.69, 9.17) is 24.7 Å². The van der Waals surface area contributed by atoms with Crippen LogP contribution in [-0.4, -0.2) is 82.1 Å². The van der Waals surface area contributed by atoms with Gasteiger partial charge in [-0.3, -0.25) is 4.79 Å². The summed E-state index contributed by atoms with van der Waals surface area (Å²) in [5, 5.41) is 2.87. The SMILES string of the molecule is NCCCCCNC(=O)CCOCCOCCOCCOCC[SiH3]. The fraction of sp³-hybridized carbons (Fsp3) is 0.938. The monoisotopic (exact) mass is 364 g/mol. The number of carbonyl (C=O) groups is 1. The van der Waals surface area contributed by atoms with Gasteiger partial charge in [0.1, 0.15) is 0 Å². The minimum absolute atomic E-state index is 0.0321. The van der Waals surface area contributed by atoms with Gasteiger partial charge in [0.15, 0.2) is 0 Å². The van der Waals surface area contributed by atoms with E-state index in [0.29, 0.717) is 65.8 Å². The average Bonchev–Trinajstić information content (AvgIpc) is 2.59. The van der Waals surface area contributed by atoms with E-state index in [9.17, 15) is 4.79 Å². The van der Waals surface area contributed by atoms with Crippen LogP contribution in [0, 0.1) is 0 Å². The lowest BCUT2D eigenvalue weighted by Gasteiger charge is -2.07. The molecule has 0 heterocycles. The highest BCUT2D eigenvalue weighted by atomic mass is 28.1. The summed E-state index contributed by atoms with van der Waals surface area (Å²) < 4.78 is 21.4. The smallest absolute Gasteiger partial charge is 0.222 e. The molecule has 7 nitrogen and oxygen atoms in total. The van der Waals surface area contributed by atoms with Crippen molar-refractivity contribution < 1.29 is 23.7 Å². The van der Waals surface area contributed by atoms with Crippen LogP contribution >= 0.6 is 0 Å². The van der Waals surface area contributed by atoms with E-state index in [-0.39, 0.29) is 5.91 Å². The van der Waals surface area contributed by atoms with Crippen molar-refractivity contribution in [2.75, 3.05) is 65.9 Å². The number of unbranched alkanes of at least 4 members (excludes halogenated alkanes) is 2. The Labute approximate surface area is 149 Å². The molecule has 8 heteroatoms. The van der Waals surface area contributed by atoms with Crippen LogP contribution in [0.25, 0.3) is 0 Å². The van der Waals surface area contributed by atoms with Crippen LogP contribution in [0.2, 0.25) is 6.04 Å². The van der Waals surface area contributed by atoms with Crippen molar-refractivity contribution in [3.8, 4) is 0 Å². The Balaban J connectivity index is 3.10. The fourth-order valence-electron chi connectivity index (χ4n) is 1.83. The molecule has 0 bridgehead atoms. The standard InChI is InChI=1S/C16H36N2O5Si/c17-5-2-1-3-6-18-16(19)4-7-20-8-9-21-10-11-22-12-13-23-14-15-24/h1-15,17H2,24H3,(H,18,19). The molecule has 0 aromatic rings. The van der Waals surface area contributed by atoms with Gasteiger partial charge >= 0.3 is 0 Å². The normalized spacial score (nSPS) is 11.0. The second-order valence-electron chi connectivity index (χ2n) is 5.40. The molecule has 0 aliphatic heterocycles. The third-order valence-electron chi connectivity index (χ3n) is 3.14. The summed E-state index contributed by atoms with van der Waals surface area (Å²) in [5.41, 5.74) is 5.41. The number of amides is 1. The molecule has 0 fully saturated rings. The van der Waals surface area contributed by atoms with Crippen LogP contribution in [0.3, 0.4) is 0 Å². The van der Waals surface area contributed by atoms with Crippen LogP contribution in [-0.2, 0) is 23.7 Å². The molecule has 0 rings (SSSR count). The predicted octanol–water partition coefficient (Wildman–Crippen LogP) is -0.528. The van der Waals surface area contributed by atoms with Gasteiger partial charge in [-0.25, -0.2) is 0 Å². The molecule has 0 aromatic carbocycles. The van der Waals surface area contributed by atoms with Crippen LogP contribution in [0.4, 0.5) is 0 Å². The zero-order chi connectivity index (χ0) is 17.7. The van der Waals surface area contributed by atoms with Crippen LogP contribution < -0.4 is 11.1 Å². The number of nitrogens with one attached hydrogen (secondary N) is 1. The quantitative estimate of drug-likeness (QED) is 0.237. The second-order valence-corrected chi connectivity index (χ2v) is 6.40. The summed E-state index contributed by atoms with van der Waals surface area (Å²) in [6, 6.07) is 1.17. The van der Waals surface area contributed by atoms with Crippen molar-refractivity contribution in [2.24, 2.45) is 5.73 Å². The van der Waals surface area contributed by atoms with E-state index < -0.39 is 0 Å². The zero-order valence-electron chi connectivity index (χ0n) is 15.2. The molecule has 0 saturated heterocycles. The van der Waals surface area contributed by atoms with Crippen molar-refractivity contribution in [3.63, 3.8) is 0 Å². The lowest BCUT2D eigenvalue weighted by atomic mass is 10.2. The largest absolute Gasteiger partial charge is 0.379 e. The molecule has 0 aliphatic rings. The molecule has 0 saturated carbocycles. The molecule has 24 heavy (non-hydrogen) atoms. The molecule has 3 N–H and O–H groups in total. The highest BCUT2D eigenvalue weighted by Crippen LogP contribution is 1.92. The van der Waals surface area contributed by atoms with Crippen LogP contribution in [0.15, 0.2) is 0 Å². The highest BCUT2D eigenvalue weighted by molar-refractivity contribution is 6.08. The third-order valence-corrected chi connectivity index (χ3v) is 3.55. The lowest BCUT2D eigenvalue weighted by Crippen LogP contribution is -2.25. The lowest BCUT2D eigenvalue weighted by molar-refractivity contribution is -0.122. The Morgan fingerprint density at radius 1 is 0.792 bits per heavy atom. The first kappa shape index (κ1) is 23.5. The fourth-order valence-corrected chi connectivity index (χ4v) is 2.12. The van der Waals surface area contributed by atoms with Gasteiger partial charge in [0, 0.05) is 29.8 Å². The van der Waals surface area contributed by atoms with Crippen molar-refractivity contribution in [1.82, 2.24) is 5.32 Å². The van der Waals surface area contributed by atoms with E-state index in [1.807, 2.05) is 0 Å². The molecule has 0 unspecified atom stereocenters. The van der Waals surface area contributed by atoms with E-state index in [0.717, 1.165) is 25.9 Å². The van der Waals surface area contributed by atoms with Gasteiger partial charge in [-0.15, -0.1) is 0 Å². The maximum Gasteiger partial charge on any atom is 0.222 e. The van der Waals surface area contributed by atoms with Gasteiger partial charge in [0.2, 0.25) is 5.91 Å². The Hall–Kier alpha value is -0.513. The van der Waals surface area contributed by atoms with Gasteiger partial charge in [0.05, 0.1) is 46.2 Å². The minimum atomic E-state index is 0.0321. The van der Waals surface area contributed by atoms with Gasteiger partial charge in [-0.2, -0.15) is 0 Å². The molecule has 1 amide bonds. The molecular weight excluding hydrogens is 328 g/mol. The number of carbonyl (C=O) groups excluding carboxylic acids is 1. The van der Waals surface area contributed by atoms with Gasteiger partial charge in [-0.05, 0) is 25.4 Å². The average molecular weight is 365 g/mol. The maximum atomic E-state index is 11.5. The summed E-state index contributed by atoms with van der Waals surface area (Å²) in [6.07, 6.45) is 3.44. The number of hydrogen-bond donors (Lipinski definition) is 2. The Morgan fingerprint density at radius 2 is 1.33 bits per heavy atom. The van der Waals surface area contributed by atoms with Crippen molar-refractivity contribution >= 4 is 16.1 Å². The number of hydrogen-bond acceptors (Lipinski definition) is 6. The summed E-state index contributed by atoms with van der Waals surface area (Å²) in [7, 11) is 1.19. The molecule has 144 valence electrons. The van der Waals surface area contributed by atoms with Crippen LogP contribution in [0.5, 0.6) is 0 Å². The van der Waals surface area contributed by atoms with Gasteiger partial charge < -0.3 is 30.0 Å². The predicted molar refractivity (Wildman–Crippen MR) is 98.6 cm³/mol. The van der Waals surface area contributed by atoms with Crippen molar-refractivity contribution in [1.29, 1.82) is 0 Å². The van der Waals surface area contributed by atoms with Crippen molar-refractivity contribution in [3.05, 3.63) is 0 Å². The third kappa shape index (κ3) is 19.5. The molecular formula is C16H36N2O5Si. The maximum absolute atomic E-state index is 11.5. The zero-order valence-corrected chi connectivity index (χ0v) is 17.2. The van der Waals surface area contributed by atoms with E-state index in [1.165, 1.54) is 16.3 Å².